The van der Waals surface area contributed by atoms with Crippen LogP contribution in [-0.2, 0) is 19.0 Å². The molecule has 24 heavy (non-hydrogen) atoms. The van der Waals surface area contributed by atoms with Crippen LogP contribution in [0.5, 0.6) is 0 Å². The molecule has 0 spiro atoms. The molecule has 7 heteroatoms. The molecule has 134 valence electrons. The number of aryl methyl sites for hydroxylation is 1. The minimum Gasteiger partial charge on any atom is -0.444 e. The summed E-state index contributed by atoms with van der Waals surface area (Å²) in [5, 5.41) is 0. The van der Waals surface area contributed by atoms with Gasteiger partial charge in [0.05, 0.1) is 11.0 Å². The zero-order valence-electron chi connectivity index (χ0n) is 14.8. The maximum atomic E-state index is 12.3. The van der Waals surface area contributed by atoms with E-state index in [-0.39, 0.29) is 16.9 Å². The maximum absolute atomic E-state index is 12.3. The first-order chi connectivity index (χ1) is 11.0. The van der Waals surface area contributed by atoms with Gasteiger partial charge >= 0.3 is 6.09 Å². The highest BCUT2D eigenvalue weighted by Crippen LogP contribution is 2.26. The third-order valence-corrected chi connectivity index (χ3v) is 5.22. The molecule has 1 saturated heterocycles. The van der Waals surface area contributed by atoms with Gasteiger partial charge in [0.25, 0.3) is 10.1 Å². The molecule has 1 atom stereocenters. The summed E-state index contributed by atoms with van der Waals surface area (Å²) in [7, 11) is -3.80. The first-order valence-corrected chi connectivity index (χ1v) is 9.37. The number of benzene rings is 1. The van der Waals surface area contributed by atoms with Crippen LogP contribution in [-0.4, -0.2) is 44.2 Å². The smallest absolute Gasteiger partial charge is 0.410 e. The van der Waals surface area contributed by atoms with E-state index in [9.17, 15) is 13.2 Å². The Morgan fingerprint density at radius 2 is 1.75 bits per heavy atom. The average molecular weight is 355 g/mol. The zero-order chi connectivity index (χ0) is 18.1. The lowest BCUT2D eigenvalue weighted by Crippen LogP contribution is -2.55. The summed E-state index contributed by atoms with van der Waals surface area (Å²) in [5.41, 5.74) is 0.438. The van der Waals surface area contributed by atoms with Crippen LogP contribution in [0.4, 0.5) is 4.79 Å². The van der Waals surface area contributed by atoms with Crippen LogP contribution in [0.25, 0.3) is 0 Å². The molecule has 1 unspecified atom stereocenters. The number of hydrogen-bond donors (Lipinski definition) is 0. The van der Waals surface area contributed by atoms with Gasteiger partial charge in [-0.25, -0.2) is 4.79 Å². The Hall–Kier alpha value is -1.60. The number of carbonyl (C=O) groups excluding carboxylic acids is 1. The fourth-order valence-corrected chi connectivity index (χ4v) is 3.46. The van der Waals surface area contributed by atoms with Crippen molar-refractivity contribution in [1.82, 2.24) is 4.90 Å². The number of likely N-dealkylation sites (tertiary alicyclic amines) is 1. The summed E-state index contributed by atoms with van der Waals surface area (Å²) in [4.78, 5) is 13.6. The minimum atomic E-state index is -3.80. The van der Waals surface area contributed by atoms with Gasteiger partial charge in [-0.05, 0) is 46.8 Å². The largest absolute Gasteiger partial charge is 0.444 e. The van der Waals surface area contributed by atoms with Gasteiger partial charge in [-0.15, -0.1) is 0 Å². The highest BCUT2D eigenvalue weighted by Gasteiger charge is 2.38. The molecule has 2 rings (SSSR count). The van der Waals surface area contributed by atoms with Crippen molar-refractivity contribution < 1.29 is 22.1 Å². The Morgan fingerprint density at radius 3 is 2.25 bits per heavy atom. The van der Waals surface area contributed by atoms with Gasteiger partial charge in [0.2, 0.25) is 0 Å². The van der Waals surface area contributed by atoms with Gasteiger partial charge in [0.1, 0.15) is 5.60 Å². The second-order valence-corrected chi connectivity index (χ2v) is 8.79. The van der Waals surface area contributed by atoms with Crippen molar-refractivity contribution in [2.45, 2.75) is 51.2 Å². The zero-order valence-corrected chi connectivity index (χ0v) is 15.6. The average Bonchev–Trinajstić information content (AvgIpc) is 2.34. The lowest BCUT2D eigenvalue weighted by molar-refractivity contribution is -0.0201. The molecule has 0 aliphatic carbocycles. The number of carbonyl (C=O) groups is 1. The van der Waals surface area contributed by atoms with Gasteiger partial charge in [0.15, 0.2) is 0 Å². The van der Waals surface area contributed by atoms with E-state index in [4.69, 9.17) is 8.92 Å². The lowest BCUT2D eigenvalue weighted by atomic mass is 9.95. The van der Waals surface area contributed by atoms with Gasteiger partial charge < -0.3 is 9.64 Å². The molecule has 0 bridgehead atoms. The molecule has 0 aromatic heterocycles. The molecule has 0 N–H and O–H groups in total. The van der Waals surface area contributed by atoms with E-state index < -0.39 is 21.8 Å². The molecule has 6 nitrogen and oxygen atoms in total. The number of rotatable bonds is 4. The van der Waals surface area contributed by atoms with Gasteiger partial charge in [0, 0.05) is 19.0 Å². The molecular formula is C17H25NO5S. The monoisotopic (exact) mass is 355 g/mol. The Bertz CT molecular complexity index is 685. The summed E-state index contributed by atoms with van der Waals surface area (Å²) in [6.07, 6.45) is -0.887. The Balaban J connectivity index is 1.89. The molecule has 1 aromatic carbocycles. The second kappa shape index (κ2) is 6.72. The van der Waals surface area contributed by atoms with Crippen LogP contribution in [0.1, 0.15) is 33.3 Å². The number of hydrogen-bond acceptors (Lipinski definition) is 5. The molecule has 1 amide bonds. The standard InChI is InChI=1S/C17H25NO5S/c1-12-6-8-15(9-7-12)24(20,21)23-13(2)14-10-18(11-14)16(19)22-17(3,4)5/h6-9,13-14H,10-11H2,1-5H3. The first kappa shape index (κ1) is 18.7. The predicted molar refractivity (Wildman–Crippen MR) is 90.2 cm³/mol. The van der Waals surface area contributed by atoms with Crippen LogP contribution >= 0.6 is 0 Å². The molecule has 1 aliphatic heterocycles. The quantitative estimate of drug-likeness (QED) is 0.777. The number of amides is 1. The van der Waals surface area contributed by atoms with Crippen LogP contribution in [0, 0.1) is 12.8 Å². The SMILES string of the molecule is Cc1ccc(S(=O)(=O)OC(C)C2CN(C(=O)OC(C)(C)C)C2)cc1. The lowest BCUT2D eigenvalue weighted by Gasteiger charge is -2.41. The highest BCUT2D eigenvalue weighted by molar-refractivity contribution is 7.86. The van der Waals surface area contributed by atoms with E-state index >= 15 is 0 Å². The molecular weight excluding hydrogens is 330 g/mol. The summed E-state index contributed by atoms with van der Waals surface area (Å²) in [5.74, 6) is -0.0299. The number of ether oxygens (including phenoxy) is 1. The molecule has 1 aromatic rings. The van der Waals surface area contributed by atoms with Crippen molar-refractivity contribution in [2.24, 2.45) is 5.92 Å². The molecule has 1 aliphatic rings. The van der Waals surface area contributed by atoms with Gasteiger partial charge in [-0.2, -0.15) is 8.42 Å². The second-order valence-electron chi connectivity index (χ2n) is 7.21. The molecule has 1 fully saturated rings. The normalized spacial score (nSPS) is 17.3. The predicted octanol–water partition coefficient (Wildman–Crippen LogP) is 2.96. The van der Waals surface area contributed by atoms with E-state index in [1.54, 1.807) is 24.0 Å². The minimum absolute atomic E-state index is 0.0299. The molecule has 0 saturated carbocycles. The summed E-state index contributed by atoms with van der Waals surface area (Å²) in [6.45, 7) is 9.88. The van der Waals surface area contributed by atoms with Gasteiger partial charge in [-0.3, -0.25) is 4.18 Å². The van der Waals surface area contributed by atoms with Crippen molar-refractivity contribution in [2.75, 3.05) is 13.1 Å². The van der Waals surface area contributed by atoms with E-state index in [0.717, 1.165) is 5.56 Å². The summed E-state index contributed by atoms with van der Waals surface area (Å²) in [6, 6.07) is 6.53. The Morgan fingerprint density at radius 1 is 1.21 bits per heavy atom. The number of nitrogens with zero attached hydrogens (tertiary/aromatic N) is 1. The van der Waals surface area contributed by atoms with Crippen LogP contribution < -0.4 is 0 Å². The fourth-order valence-electron chi connectivity index (χ4n) is 2.32. The Labute approximate surface area is 143 Å². The van der Waals surface area contributed by atoms with Crippen LogP contribution in [0.15, 0.2) is 29.2 Å². The third kappa shape index (κ3) is 4.70. The summed E-state index contributed by atoms with van der Waals surface area (Å²) >= 11 is 0. The third-order valence-electron chi connectivity index (χ3n) is 3.81. The van der Waals surface area contributed by atoms with Crippen LogP contribution in [0.3, 0.4) is 0 Å². The van der Waals surface area contributed by atoms with E-state index in [0.29, 0.717) is 13.1 Å². The van der Waals surface area contributed by atoms with Gasteiger partial charge in [-0.1, -0.05) is 17.7 Å². The van der Waals surface area contributed by atoms with Crippen molar-refractivity contribution in [3.63, 3.8) is 0 Å². The summed E-state index contributed by atoms with van der Waals surface area (Å²) < 4.78 is 35.1. The van der Waals surface area contributed by atoms with Crippen molar-refractivity contribution in [1.29, 1.82) is 0 Å². The van der Waals surface area contributed by atoms with Crippen molar-refractivity contribution in [3.05, 3.63) is 29.8 Å². The fraction of sp³-hybridized carbons (Fsp3) is 0.588. The molecule has 1 heterocycles. The first-order valence-electron chi connectivity index (χ1n) is 7.96. The van der Waals surface area contributed by atoms with E-state index in [2.05, 4.69) is 0 Å². The molecule has 0 radical (unpaired) electrons. The highest BCUT2D eigenvalue weighted by atomic mass is 32.2. The van der Waals surface area contributed by atoms with E-state index in [1.165, 1.54) is 12.1 Å². The van der Waals surface area contributed by atoms with Crippen molar-refractivity contribution in [3.8, 4) is 0 Å². The van der Waals surface area contributed by atoms with Crippen molar-refractivity contribution >= 4 is 16.2 Å². The Kier molecular flexibility index (Phi) is 5.25. The van der Waals surface area contributed by atoms with Crippen LogP contribution in [0.2, 0.25) is 0 Å². The van der Waals surface area contributed by atoms with E-state index in [1.807, 2.05) is 27.7 Å². The maximum Gasteiger partial charge on any atom is 0.410 e. The topological polar surface area (TPSA) is 72.9 Å².